The van der Waals surface area contributed by atoms with Gasteiger partial charge in [-0.05, 0) is 90.9 Å². The normalized spacial score (nSPS) is 10.5. The van der Waals surface area contributed by atoms with Crippen LogP contribution in [0, 0.1) is 0 Å². The van der Waals surface area contributed by atoms with Crippen molar-refractivity contribution < 1.29 is 23.7 Å². The summed E-state index contributed by atoms with van der Waals surface area (Å²) in [5.74, 6) is 1.65. The van der Waals surface area contributed by atoms with Gasteiger partial charge in [0.2, 0.25) is 0 Å². The average Bonchev–Trinajstić information content (AvgIpc) is 2.89. The molecular formula is C26H27N3O5S. The summed E-state index contributed by atoms with van der Waals surface area (Å²) in [6, 6.07) is 19.2. The molecule has 0 bridgehead atoms. The van der Waals surface area contributed by atoms with Gasteiger partial charge in [-0.3, -0.25) is 5.43 Å². The largest absolute Gasteiger partial charge is 0.497 e. The predicted molar refractivity (Wildman–Crippen MR) is 140 cm³/mol. The van der Waals surface area contributed by atoms with Crippen molar-refractivity contribution in [2.75, 3.05) is 26.1 Å². The number of benzene rings is 3. The van der Waals surface area contributed by atoms with Gasteiger partial charge in [0.05, 0.1) is 32.6 Å². The van der Waals surface area contributed by atoms with Crippen LogP contribution in [0.4, 0.5) is 5.69 Å². The van der Waals surface area contributed by atoms with Crippen LogP contribution in [-0.4, -0.2) is 38.1 Å². The lowest BCUT2D eigenvalue weighted by atomic mass is 10.2. The Kier molecular flexibility index (Phi) is 9.44. The van der Waals surface area contributed by atoms with E-state index in [0.717, 1.165) is 23.4 Å². The highest BCUT2D eigenvalue weighted by molar-refractivity contribution is 7.80. The number of carbonyl (C=O) groups excluding carboxylic acids is 1. The summed E-state index contributed by atoms with van der Waals surface area (Å²) in [4.78, 5) is 12.5. The van der Waals surface area contributed by atoms with Crippen molar-refractivity contribution in [2.45, 2.75) is 13.3 Å². The smallest absolute Gasteiger partial charge is 0.343 e. The Balaban J connectivity index is 1.57. The maximum Gasteiger partial charge on any atom is 0.343 e. The van der Waals surface area contributed by atoms with Gasteiger partial charge in [0.15, 0.2) is 16.6 Å². The minimum atomic E-state index is -0.497. The highest BCUT2D eigenvalue weighted by Gasteiger charge is 2.13. The third-order valence-corrected chi connectivity index (χ3v) is 4.87. The zero-order valence-electron chi connectivity index (χ0n) is 19.7. The molecule has 0 aromatic heterocycles. The molecule has 0 aliphatic rings. The van der Waals surface area contributed by atoms with Crippen LogP contribution in [0.2, 0.25) is 0 Å². The van der Waals surface area contributed by atoms with Gasteiger partial charge in [-0.15, -0.1) is 0 Å². The molecule has 0 aliphatic carbocycles. The Hall–Kier alpha value is -4.11. The number of methoxy groups -OCH3 is 2. The van der Waals surface area contributed by atoms with Crippen molar-refractivity contribution in [1.82, 2.24) is 5.43 Å². The fourth-order valence-corrected chi connectivity index (χ4v) is 3.08. The number of rotatable bonds is 10. The van der Waals surface area contributed by atoms with E-state index in [1.54, 1.807) is 55.8 Å². The molecule has 3 aromatic rings. The maximum absolute atomic E-state index is 12.5. The molecular weight excluding hydrogens is 466 g/mol. The number of thiocarbonyl (C=S) groups is 1. The molecule has 0 spiro atoms. The Bertz CT molecular complexity index is 1160. The first-order valence-electron chi connectivity index (χ1n) is 10.9. The van der Waals surface area contributed by atoms with Crippen LogP contribution in [0.25, 0.3) is 0 Å². The van der Waals surface area contributed by atoms with Gasteiger partial charge in [0.1, 0.15) is 11.5 Å². The third-order valence-electron chi connectivity index (χ3n) is 4.68. The molecule has 0 atom stereocenters. The fraction of sp³-hybridized carbons (Fsp3) is 0.192. The molecule has 9 heteroatoms. The lowest BCUT2D eigenvalue weighted by Crippen LogP contribution is -2.23. The second kappa shape index (κ2) is 13.0. The summed E-state index contributed by atoms with van der Waals surface area (Å²) >= 11 is 5.25. The van der Waals surface area contributed by atoms with E-state index in [9.17, 15) is 4.79 Å². The molecule has 3 rings (SSSR count). The maximum atomic E-state index is 12.5. The standard InChI is InChI=1S/C26H27N3O5S/c1-4-15-33-22-10-6-19(7-11-22)25(30)34-23-14-5-18(16-24(23)32-3)17-27-29-26(35)28-20-8-12-21(31-2)13-9-20/h5-14,16-17H,4,15H2,1-3H3,(H2,28,29,35)/b27-17-. The van der Waals surface area contributed by atoms with Crippen LogP contribution in [-0.2, 0) is 0 Å². The zero-order chi connectivity index (χ0) is 25.0. The van der Waals surface area contributed by atoms with E-state index in [4.69, 9.17) is 31.2 Å². The van der Waals surface area contributed by atoms with Crippen LogP contribution in [0.1, 0.15) is 29.3 Å². The Morgan fingerprint density at radius 1 is 0.943 bits per heavy atom. The lowest BCUT2D eigenvalue weighted by Gasteiger charge is -2.11. The van der Waals surface area contributed by atoms with Gasteiger partial charge >= 0.3 is 5.97 Å². The van der Waals surface area contributed by atoms with Crippen LogP contribution < -0.4 is 29.7 Å². The van der Waals surface area contributed by atoms with E-state index >= 15 is 0 Å². The first-order chi connectivity index (χ1) is 17.0. The van der Waals surface area contributed by atoms with Crippen molar-refractivity contribution in [3.05, 3.63) is 77.9 Å². The minimum absolute atomic E-state index is 0.297. The van der Waals surface area contributed by atoms with Crippen molar-refractivity contribution >= 4 is 35.2 Å². The highest BCUT2D eigenvalue weighted by Crippen LogP contribution is 2.28. The topological polar surface area (TPSA) is 90.4 Å². The van der Waals surface area contributed by atoms with E-state index < -0.39 is 5.97 Å². The number of esters is 1. The quantitative estimate of drug-likeness (QED) is 0.134. The van der Waals surface area contributed by atoms with Crippen molar-refractivity contribution in [3.63, 3.8) is 0 Å². The number of hydrogen-bond acceptors (Lipinski definition) is 7. The second-order valence-electron chi connectivity index (χ2n) is 7.23. The van der Waals surface area contributed by atoms with Gasteiger partial charge in [0.25, 0.3) is 0 Å². The Labute approximate surface area is 209 Å². The summed E-state index contributed by atoms with van der Waals surface area (Å²) in [5, 5.41) is 7.49. The average molecular weight is 494 g/mol. The van der Waals surface area contributed by atoms with Gasteiger partial charge in [-0.1, -0.05) is 6.92 Å². The van der Waals surface area contributed by atoms with Gasteiger partial charge < -0.3 is 24.3 Å². The van der Waals surface area contributed by atoms with Crippen LogP contribution in [0.3, 0.4) is 0 Å². The summed E-state index contributed by atoms with van der Waals surface area (Å²) in [6.07, 6.45) is 2.48. The number of nitrogens with zero attached hydrogens (tertiary/aromatic N) is 1. The van der Waals surface area contributed by atoms with Crippen LogP contribution in [0.15, 0.2) is 71.8 Å². The molecule has 0 fully saturated rings. The summed E-state index contributed by atoms with van der Waals surface area (Å²) in [5.41, 5.74) is 4.68. The Morgan fingerprint density at radius 3 is 2.31 bits per heavy atom. The molecule has 182 valence electrons. The van der Waals surface area contributed by atoms with Crippen LogP contribution in [0.5, 0.6) is 23.0 Å². The van der Waals surface area contributed by atoms with Gasteiger partial charge in [-0.2, -0.15) is 5.10 Å². The minimum Gasteiger partial charge on any atom is -0.497 e. The zero-order valence-corrected chi connectivity index (χ0v) is 20.6. The summed E-state index contributed by atoms with van der Waals surface area (Å²) in [7, 11) is 3.11. The van der Waals surface area contributed by atoms with Crippen molar-refractivity contribution in [1.29, 1.82) is 0 Å². The number of hydrazone groups is 1. The molecule has 0 saturated carbocycles. The van der Waals surface area contributed by atoms with Gasteiger partial charge in [-0.25, -0.2) is 4.79 Å². The number of carbonyl (C=O) groups is 1. The molecule has 0 heterocycles. The van der Waals surface area contributed by atoms with E-state index in [0.29, 0.717) is 34.5 Å². The molecule has 35 heavy (non-hydrogen) atoms. The van der Waals surface area contributed by atoms with Gasteiger partial charge in [0, 0.05) is 5.69 Å². The molecule has 0 unspecified atom stereocenters. The number of nitrogens with one attached hydrogen (secondary N) is 2. The number of hydrogen-bond donors (Lipinski definition) is 2. The van der Waals surface area contributed by atoms with Crippen molar-refractivity contribution in [2.24, 2.45) is 5.10 Å². The Morgan fingerprint density at radius 2 is 1.66 bits per heavy atom. The van der Waals surface area contributed by atoms with E-state index in [1.165, 1.54) is 7.11 Å². The molecule has 3 aromatic carbocycles. The predicted octanol–water partition coefficient (Wildman–Crippen LogP) is 5.03. The van der Waals surface area contributed by atoms with Crippen molar-refractivity contribution in [3.8, 4) is 23.0 Å². The first kappa shape index (κ1) is 25.5. The molecule has 2 N–H and O–H groups in total. The molecule has 0 radical (unpaired) electrons. The third kappa shape index (κ3) is 7.72. The molecule has 0 saturated heterocycles. The SMILES string of the molecule is CCCOc1ccc(C(=O)Oc2ccc(/C=N\NC(=S)Nc3ccc(OC)cc3)cc2OC)cc1. The summed E-state index contributed by atoms with van der Waals surface area (Å²) in [6.45, 7) is 2.65. The second-order valence-corrected chi connectivity index (χ2v) is 7.63. The van der Waals surface area contributed by atoms with Crippen LogP contribution >= 0.6 is 12.2 Å². The lowest BCUT2D eigenvalue weighted by molar-refractivity contribution is 0.0729. The highest BCUT2D eigenvalue weighted by atomic mass is 32.1. The molecule has 8 nitrogen and oxygen atoms in total. The number of ether oxygens (including phenoxy) is 4. The van der Waals surface area contributed by atoms with E-state index in [-0.39, 0.29) is 0 Å². The first-order valence-corrected chi connectivity index (χ1v) is 11.3. The van der Waals surface area contributed by atoms with E-state index in [1.807, 2.05) is 31.2 Å². The van der Waals surface area contributed by atoms with E-state index in [2.05, 4.69) is 15.8 Å². The fourth-order valence-electron chi connectivity index (χ4n) is 2.91. The molecule has 0 amide bonds. The molecule has 0 aliphatic heterocycles. The monoisotopic (exact) mass is 493 g/mol. The number of anilines is 1. The summed E-state index contributed by atoms with van der Waals surface area (Å²) < 4.78 is 21.6.